The highest BCUT2D eigenvalue weighted by molar-refractivity contribution is 7.13. The third kappa shape index (κ3) is 4.23. The fourth-order valence-corrected chi connectivity index (χ4v) is 3.98. The summed E-state index contributed by atoms with van der Waals surface area (Å²) in [4.78, 5) is 13.9. The minimum absolute atomic E-state index is 0.0650. The van der Waals surface area contributed by atoms with Gasteiger partial charge >= 0.3 is 0 Å². The normalized spacial score (nSPS) is 12.2. The van der Waals surface area contributed by atoms with Gasteiger partial charge in [0.2, 0.25) is 0 Å². The van der Waals surface area contributed by atoms with Crippen LogP contribution in [0, 0.1) is 0 Å². The first-order valence-electron chi connectivity index (χ1n) is 9.59. The van der Waals surface area contributed by atoms with Crippen molar-refractivity contribution in [3.63, 3.8) is 0 Å². The summed E-state index contributed by atoms with van der Waals surface area (Å²) < 4.78 is 7.06. The maximum absolute atomic E-state index is 12.9. The number of aryl methyl sites for hydroxylation is 1. The monoisotopic (exact) mass is 406 g/mol. The number of aliphatic hydroxyl groups excluding tert-OH is 1. The van der Waals surface area contributed by atoms with Gasteiger partial charge in [0.1, 0.15) is 24.2 Å². The van der Waals surface area contributed by atoms with Crippen LogP contribution in [-0.2, 0) is 13.0 Å². The lowest BCUT2D eigenvalue weighted by atomic mass is 10.1. The number of ether oxygens (including phenoxy) is 1. The SMILES string of the molecule is CCc1cccc(OC[C@H](O)Cn2nc(-c3cccs3)c3ccccc3c2=O)c1. The van der Waals surface area contributed by atoms with Gasteiger partial charge in [-0.1, -0.05) is 43.3 Å². The first-order chi connectivity index (χ1) is 14.2. The van der Waals surface area contributed by atoms with Crippen molar-refractivity contribution in [2.24, 2.45) is 0 Å². The van der Waals surface area contributed by atoms with Crippen LogP contribution in [0.15, 0.2) is 70.8 Å². The van der Waals surface area contributed by atoms with Crippen molar-refractivity contribution in [1.29, 1.82) is 0 Å². The zero-order chi connectivity index (χ0) is 20.2. The van der Waals surface area contributed by atoms with Crippen molar-refractivity contribution >= 4 is 22.1 Å². The molecule has 6 heteroatoms. The lowest BCUT2D eigenvalue weighted by Crippen LogP contribution is -2.32. The Bertz CT molecular complexity index is 1170. The highest BCUT2D eigenvalue weighted by Crippen LogP contribution is 2.28. The maximum atomic E-state index is 12.9. The van der Waals surface area contributed by atoms with Crippen LogP contribution in [0.4, 0.5) is 0 Å². The summed E-state index contributed by atoms with van der Waals surface area (Å²) in [5, 5.41) is 18.4. The zero-order valence-electron chi connectivity index (χ0n) is 16.1. The molecule has 148 valence electrons. The van der Waals surface area contributed by atoms with Crippen molar-refractivity contribution in [3.05, 3.63) is 82.0 Å². The second kappa shape index (κ2) is 8.59. The quantitative estimate of drug-likeness (QED) is 0.501. The number of aromatic nitrogens is 2. The maximum Gasteiger partial charge on any atom is 0.274 e. The molecule has 1 atom stereocenters. The van der Waals surface area contributed by atoms with Gasteiger partial charge in [-0.15, -0.1) is 11.3 Å². The Kier molecular flexibility index (Phi) is 5.74. The molecule has 2 aromatic carbocycles. The topological polar surface area (TPSA) is 64.3 Å². The molecule has 0 radical (unpaired) electrons. The van der Waals surface area contributed by atoms with Crippen LogP contribution in [0.2, 0.25) is 0 Å². The third-order valence-electron chi connectivity index (χ3n) is 4.76. The summed E-state index contributed by atoms with van der Waals surface area (Å²) in [6.07, 6.45) is 0.0598. The standard InChI is InChI=1S/C23H22N2O3S/c1-2-16-7-5-8-18(13-16)28-15-17(26)14-25-23(27)20-10-4-3-9-19(20)22(24-25)21-11-6-12-29-21/h3-13,17,26H,2,14-15H2,1H3/t17-/m1/s1. The van der Waals surface area contributed by atoms with Crippen LogP contribution in [-0.4, -0.2) is 27.6 Å². The lowest BCUT2D eigenvalue weighted by molar-refractivity contribution is 0.0882. The molecule has 0 aliphatic heterocycles. The first-order valence-corrected chi connectivity index (χ1v) is 10.5. The minimum atomic E-state index is -0.858. The summed E-state index contributed by atoms with van der Waals surface area (Å²) >= 11 is 1.57. The van der Waals surface area contributed by atoms with E-state index in [4.69, 9.17) is 4.74 Å². The van der Waals surface area contributed by atoms with Crippen LogP contribution in [0.5, 0.6) is 5.75 Å². The lowest BCUT2D eigenvalue weighted by Gasteiger charge is -2.15. The van der Waals surface area contributed by atoms with E-state index in [2.05, 4.69) is 12.0 Å². The Hall–Kier alpha value is -2.96. The van der Waals surface area contributed by atoms with Gasteiger partial charge in [-0.25, -0.2) is 4.68 Å². The van der Waals surface area contributed by atoms with Gasteiger partial charge in [0.05, 0.1) is 16.8 Å². The molecule has 2 heterocycles. The predicted molar refractivity (Wildman–Crippen MR) is 117 cm³/mol. The number of fused-ring (bicyclic) bond motifs is 1. The van der Waals surface area contributed by atoms with Crippen molar-refractivity contribution < 1.29 is 9.84 Å². The Balaban J connectivity index is 1.59. The molecular formula is C23H22N2O3S. The Morgan fingerprint density at radius 1 is 1.10 bits per heavy atom. The Morgan fingerprint density at radius 3 is 2.69 bits per heavy atom. The number of hydrogen-bond acceptors (Lipinski definition) is 5. The smallest absolute Gasteiger partial charge is 0.274 e. The molecule has 4 aromatic rings. The van der Waals surface area contributed by atoms with E-state index in [1.807, 2.05) is 60.0 Å². The molecule has 0 bridgehead atoms. The van der Waals surface area contributed by atoms with Gasteiger partial charge in [-0.05, 0) is 41.6 Å². The van der Waals surface area contributed by atoms with Crippen LogP contribution >= 0.6 is 11.3 Å². The predicted octanol–water partition coefficient (Wildman–Crippen LogP) is 4.13. The highest BCUT2D eigenvalue weighted by Gasteiger charge is 2.15. The van der Waals surface area contributed by atoms with E-state index in [9.17, 15) is 9.90 Å². The van der Waals surface area contributed by atoms with Crippen LogP contribution < -0.4 is 10.3 Å². The fraction of sp³-hybridized carbons (Fsp3) is 0.217. The van der Waals surface area contributed by atoms with Gasteiger partial charge < -0.3 is 9.84 Å². The molecule has 5 nitrogen and oxygen atoms in total. The minimum Gasteiger partial charge on any atom is -0.491 e. The molecule has 0 aliphatic rings. The van der Waals surface area contributed by atoms with E-state index >= 15 is 0 Å². The van der Waals surface area contributed by atoms with E-state index in [1.165, 1.54) is 10.2 Å². The fourth-order valence-electron chi connectivity index (χ4n) is 3.25. The number of hydrogen-bond donors (Lipinski definition) is 1. The summed E-state index contributed by atoms with van der Waals surface area (Å²) in [6.45, 7) is 2.23. The van der Waals surface area contributed by atoms with Gasteiger partial charge in [0.25, 0.3) is 5.56 Å². The van der Waals surface area contributed by atoms with E-state index in [1.54, 1.807) is 17.4 Å². The molecule has 1 N–H and O–H groups in total. The zero-order valence-corrected chi connectivity index (χ0v) is 16.9. The number of rotatable bonds is 7. The van der Waals surface area contributed by atoms with Crippen LogP contribution in [0.1, 0.15) is 12.5 Å². The van der Waals surface area contributed by atoms with Crippen molar-refractivity contribution in [3.8, 4) is 16.3 Å². The van der Waals surface area contributed by atoms with Crippen molar-refractivity contribution in [2.75, 3.05) is 6.61 Å². The highest BCUT2D eigenvalue weighted by atomic mass is 32.1. The van der Waals surface area contributed by atoms with Gasteiger partial charge in [-0.2, -0.15) is 5.10 Å². The van der Waals surface area contributed by atoms with E-state index in [0.717, 1.165) is 22.4 Å². The third-order valence-corrected chi connectivity index (χ3v) is 5.63. The van der Waals surface area contributed by atoms with Gasteiger partial charge in [-0.3, -0.25) is 4.79 Å². The Labute approximate surface area is 172 Å². The molecule has 0 unspecified atom stereocenters. The average Bonchev–Trinajstić information content (AvgIpc) is 3.29. The first kappa shape index (κ1) is 19.4. The van der Waals surface area contributed by atoms with E-state index in [-0.39, 0.29) is 18.7 Å². The molecule has 0 saturated heterocycles. The second-order valence-corrected chi connectivity index (χ2v) is 7.77. The molecule has 4 rings (SSSR count). The number of nitrogens with zero attached hydrogens (tertiary/aromatic N) is 2. The van der Waals surface area contributed by atoms with Crippen molar-refractivity contribution in [1.82, 2.24) is 9.78 Å². The van der Waals surface area contributed by atoms with Gasteiger partial charge in [0.15, 0.2) is 0 Å². The molecule has 2 aromatic heterocycles. The molecule has 0 amide bonds. The molecule has 29 heavy (non-hydrogen) atoms. The summed E-state index contributed by atoms with van der Waals surface area (Å²) in [5.41, 5.74) is 1.71. The molecular weight excluding hydrogens is 384 g/mol. The number of thiophene rings is 1. The largest absolute Gasteiger partial charge is 0.491 e. The Morgan fingerprint density at radius 2 is 1.93 bits per heavy atom. The second-order valence-electron chi connectivity index (χ2n) is 6.82. The van der Waals surface area contributed by atoms with Crippen molar-refractivity contribution in [2.45, 2.75) is 26.0 Å². The van der Waals surface area contributed by atoms with E-state index < -0.39 is 6.10 Å². The van der Waals surface area contributed by atoms with E-state index in [0.29, 0.717) is 11.1 Å². The van der Waals surface area contributed by atoms with Crippen LogP contribution in [0.25, 0.3) is 21.3 Å². The van der Waals surface area contributed by atoms with Crippen LogP contribution in [0.3, 0.4) is 0 Å². The molecule has 0 spiro atoms. The van der Waals surface area contributed by atoms with Gasteiger partial charge in [0, 0.05) is 5.39 Å². The molecule has 0 fully saturated rings. The number of aliphatic hydroxyl groups is 1. The summed E-state index contributed by atoms with van der Waals surface area (Å²) in [7, 11) is 0. The molecule has 0 saturated carbocycles. The molecule has 0 aliphatic carbocycles. The summed E-state index contributed by atoms with van der Waals surface area (Å²) in [6, 6.07) is 19.2. The number of benzene rings is 2. The summed E-state index contributed by atoms with van der Waals surface area (Å²) in [5.74, 6) is 0.710. The average molecular weight is 407 g/mol.